The lowest BCUT2D eigenvalue weighted by Crippen LogP contribution is -2.56. The van der Waals surface area contributed by atoms with Gasteiger partial charge in [0, 0.05) is 29.7 Å². The minimum atomic E-state index is 0.725. The molecule has 2 aromatic rings. The molecule has 0 spiro atoms. The summed E-state index contributed by atoms with van der Waals surface area (Å²) in [5.41, 5.74) is 2.69. The number of nitrogens with one attached hydrogen (secondary N) is 2. The van der Waals surface area contributed by atoms with E-state index in [2.05, 4.69) is 45.7 Å². The van der Waals surface area contributed by atoms with Crippen molar-refractivity contribution in [2.75, 3.05) is 26.2 Å². The number of H-pyrrole nitrogens is 1. The molecule has 106 valence electrons. The van der Waals surface area contributed by atoms with Crippen molar-refractivity contribution in [3.8, 4) is 0 Å². The standard InChI is InChI=1S/C17H23N3/c1-2-4-16-15(3-1)14(11-19-16)5-8-18-17-12-20-9-6-13(17)7-10-20/h1-4,11,13,17-19H,5-10,12H2. The fourth-order valence-corrected chi connectivity index (χ4v) is 3.93. The molecule has 3 fully saturated rings. The van der Waals surface area contributed by atoms with E-state index >= 15 is 0 Å². The van der Waals surface area contributed by atoms with E-state index in [-0.39, 0.29) is 0 Å². The number of fused-ring (bicyclic) bond motifs is 4. The van der Waals surface area contributed by atoms with Gasteiger partial charge in [0.05, 0.1) is 0 Å². The zero-order valence-electron chi connectivity index (χ0n) is 11.9. The van der Waals surface area contributed by atoms with Crippen LogP contribution in [-0.2, 0) is 6.42 Å². The molecule has 0 aliphatic carbocycles. The average molecular weight is 269 g/mol. The van der Waals surface area contributed by atoms with Gasteiger partial charge in [0.2, 0.25) is 0 Å². The van der Waals surface area contributed by atoms with Crippen LogP contribution in [0.4, 0.5) is 0 Å². The predicted octanol–water partition coefficient (Wildman–Crippen LogP) is 2.39. The lowest BCUT2D eigenvalue weighted by molar-refractivity contribution is 0.0731. The van der Waals surface area contributed by atoms with E-state index in [0.29, 0.717) is 0 Å². The topological polar surface area (TPSA) is 31.1 Å². The molecule has 0 amide bonds. The quantitative estimate of drug-likeness (QED) is 0.893. The van der Waals surface area contributed by atoms with E-state index in [1.54, 1.807) is 0 Å². The molecule has 3 aliphatic heterocycles. The maximum Gasteiger partial charge on any atom is 0.0456 e. The van der Waals surface area contributed by atoms with Crippen molar-refractivity contribution in [1.29, 1.82) is 0 Å². The third-order valence-electron chi connectivity index (χ3n) is 5.13. The Morgan fingerprint density at radius 1 is 1.20 bits per heavy atom. The van der Waals surface area contributed by atoms with Crippen LogP contribution < -0.4 is 5.32 Å². The first kappa shape index (κ1) is 12.4. The van der Waals surface area contributed by atoms with Gasteiger partial charge in [-0.15, -0.1) is 0 Å². The van der Waals surface area contributed by atoms with Crippen LogP contribution in [-0.4, -0.2) is 42.1 Å². The number of piperidine rings is 3. The molecule has 0 radical (unpaired) electrons. The Morgan fingerprint density at radius 3 is 2.85 bits per heavy atom. The van der Waals surface area contributed by atoms with Gasteiger partial charge < -0.3 is 15.2 Å². The van der Waals surface area contributed by atoms with Gasteiger partial charge in [0.25, 0.3) is 0 Å². The highest BCUT2D eigenvalue weighted by Gasteiger charge is 2.33. The molecule has 3 nitrogen and oxygen atoms in total. The summed E-state index contributed by atoms with van der Waals surface area (Å²) in [7, 11) is 0. The molecule has 3 aliphatic rings. The van der Waals surface area contributed by atoms with Gasteiger partial charge >= 0.3 is 0 Å². The summed E-state index contributed by atoms with van der Waals surface area (Å²) in [4.78, 5) is 5.98. The van der Waals surface area contributed by atoms with Crippen LogP contribution in [0, 0.1) is 5.92 Å². The molecular formula is C17H23N3. The summed E-state index contributed by atoms with van der Waals surface area (Å²) in [5.74, 6) is 0.919. The van der Waals surface area contributed by atoms with Crippen molar-refractivity contribution in [3.63, 3.8) is 0 Å². The molecule has 2 N–H and O–H groups in total. The second kappa shape index (κ2) is 5.23. The Morgan fingerprint density at radius 2 is 2.05 bits per heavy atom. The van der Waals surface area contributed by atoms with Crippen LogP contribution in [0.3, 0.4) is 0 Å². The van der Waals surface area contributed by atoms with Crippen LogP contribution in [0.1, 0.15) is 18.4 Å². The van der Waals surface area contributed by atoms with Crippen molar-refractivity contribution in [2.24, 2.45) is 5.92 Å². The van der Waals surface area contributed by atoms with Crippen LogP contribution in [0.15, 0.2) is 30.5 Å². The van der Waals surface area contributed by atoms with Gasteiger partial charge in [0.15, 0.2) is 0 Å². The predicted molar refractivity (Wildman–Crippen MR) is 83.0 cm³/mol. The Balaban J connectivity index is 1.37. The second-order valence-electron chi connectivity index (χ2n) is 6.31. The first-order valence-electron chi connectivity index (χ1n) is 7.91. The summed E-state index contributed by atoms with van der Waals surface area (Å²) < 4.78 is 0. The maximum atomic E-state index is 3.80. The van der Waals surface area contributed by atoms with Crippen molar-refractivity contribution in [3.05, 3.63) is 36.0 Å². The van der Waals surface area contributed by atoms with Gasteiger partial charge in [-0.05, 0) is 56.4 Å². The third-order valence-corrected chi connectivity index (χ3v) is 5.13. The van der Waals surface area contributed by atoms with Gasteiger partial charge in [-0.1, -0.05) is 18.2 Å². The van der Waals surface area contributed by atoms with E-state index < -0.39 is 0 Å². The van der Waals surface area contributed by atoms with Crippen LogP contribution in [0.2, 0.25) is 0 Å². The lowest BCUT2D eigenvalue weighted by atomic mass is 9.84. The molecular weight excluding hydrogens is 246 g/mol. The summed E-state index contributed by atoms with van der Waals surface area (Å²) >= 11 is 0. The summed E-state index contributed by atoms with van der Waals surface area (Å²) in [6.07, 6.45) is 6.08. The lowest BCUT2D eigenvalue weighted by Gasteiger charge is -2.45. The number of aromatic nitrogens is 1. The van der Waals surface area contributed by atoms with Crippen molar-refractivity contribution in [1.82, 2.24) is 15.2 Å². The molecule has 1 aromatic heterocycles. The highest BCUT2D eigenvalue weighted by Crippen LogP contribution is 2.27. The zero-order valence-corrected chi connectivity index (χ0v) is 11.9. The molecule has 3 saturated heterocycles. The van der Waals surface area contributed by atoms with Crippen LogP contribution >= 0.6 is 0 Å². The zero-order chi connectivity index (χ0) is 13.4. The molecule has 2 bridgehead atoms. The molecule has 1 unspecified atom stereocenters. The normalized spacial score (nSPS) is 29.1. The summed E-state index contributed by atoms with van der Waals surface area (Å²) in [6, 6.07) is 9.31. The third kappa shape index (κ3) is 2.25. The number of aromatic amines is 1. The molecule has 1 aromatic carbocycles. The molecule has 20 heavy (non-hydrogen) atoms. The minimum Gasteiger partial charge on any atom is -0.361 e. The first-order valence-corrected chi connectivity index (χ1v) is 7.91. The minimum absolute atomic E-state index is 0.725. The Bertz CT molecular complexity index is 581. The fourth-order valence-electron chi connectivity index (χ4n) is 3.93. The molecule has 5 rings (SSSR count). The number of hydrogen-bond acceptors (Lipinski definition) is 2. The summed E-state index contributed by atoms with van der Waals surface area (Å²) in [6.45, 7) is 5.01. The summed E-state index contributed by atoms with van der Waals surface area (Å²) in [5, 5.41) is 5.18. The van der Waals surface area contributed by atoms with E-state index in [0.717, 1.165) is 24.9 Å². The highest BCUT2D eigenvalue weighted by atomic mass is 15.2. The average Bonchev–Trinajstić information content (AvgIpc) is 2.92. The smallest absolute Gasteiger partial charge is 0.0456 e. The Hall–Kier alpha value is -1.32. The maximum absolute atomic E-state index is 3.80. The van der Waals surface area contributed by atoms with Gasteiger partial charge in [-0.25, -0.2) is 0 Å². The van der Waals surface area contributed by atoms with E-state index in [9.17, 15) is 0 Å². The molecule has 1 atom stereocenters. The van der Waals surface area contributed by atoms with Gasteiger partial charge in [-0.2, -0.15) is 0 Å². The van der Waals surface area contributed by atoms with Gasteiger partial charge in [-0.3, -0.25) is 0 Å². The molecule has 0 saturated carbocycles. The van der Waals surface area contributed by atoms with E-state index in [1.165, 1.54) is 48.9 Å². The molecule has 3 heteroatoms. The second-order valence-corrected chi connectivity index (χ2v) is 6.31. The largest absolute Gasteiger partial charge is 0.361 e. The monoisotopic (exact) mass is 269 g/mol. The first-order chi connectivity index (χ1) is 9.90. The van der Waals surface area contributed by atoms with Crippen molar-refractivity contribution in [2.45, 2.75) is 25.3 Å². The SMILES string of the molecule is c1ccc2c(CCNC3CN4CCC3CC4)c[nH]c2c1. The number of hydrogen-bond donors (Lipinski definition) is 2. The number of nitrogens with zero attached hydrogens (tertiary/aromatic N) is 1. The van der Waals surface area contributed by atoms with Crippen molar-refractivity contribution >= 4 is 10.9 Å². The van der Waals surface area contributed by atoms with E-state index in [1.807, 2.05) is 0 Å². The fraction of sp³-hybridized carbons (Fsp3) is 0.529. The number of rotatable bonds is 4. The van der Waals surface area contributed by atoms with Gasteiger partial charge in [0.1, 0.15) is 0 Å². The molecule has 4 heterocycles. The number of benzene rings is 1. The van der Waals surface area contributed by atoms with Crippen LogP contribution in [0.25, 0.3) is 10.9 Å². The number of para-hydroxylation sites is 1. The Kier molecular flexibility index (Phi) is 3.25. The van der Waals surface area contributed by atoms with Crippen LogP contribution in [0.5, 0.6) is 0 Å². The van der Waals surface area contributed by atoms with E-state index in [4.69, 9.17) is 0 Å². The highest BCUT2D eigenvalue weighted by molar-refractivity contribution is 5.83. The van der Waals surface area contributed by atoms with Crippen molar-refractivity contribution < 1.29 is 0 Å². The Labute approximate surface area is 120 Å².